The molecule has 1 amide bonds. The van der Waals surface area contributed by atoms with Crippen molar-refractivity contribution >= 4 is 11.9 Å². The summed E-state index contributed by atoms with van der Waals surface area (Å²) < 4.78 is 6.90. The number of hydrogen-bond acceptors (Lipinski definition) is 5. The molecule has 2 heterocycles. The molecule has 0 saturated carbocycles. The summed E-state index contributed by atoms with van der Waals surface area (Å²) in [6.45, 7) is 5.61. The van der Waals surface area contributed by atoms with Gasteiger partial charge in [0.05, 0.1) is 6.61 Å². The van der Waals surface area contributed by atoms with Crippen LogP contribution in [0.4, 0.5) is 0 Å². The maximum atomic E-state index is 13.0. The van der Waals surface area contributed by atoms with E-state index in [2.05, 4.69) is 34.3 Å². The highest BCUT2D eigenvalue weighted by Gasteiger charge is 2.32. The fourth-order valence-electron chi connectivity index (χ4n) is 5.43. The monoisotopic (exact) mass is 422 g/mol. The van der Waals surface area contributed by atoms with Crippen molar-refractivity contribution in [1.82, 2.24) is 19.6 Å². The molecule has 7 nitrogen and oxygen atoms in total. The first-order chi connectivity index (χ1) is 15.2. The topological polar surface area (TPSA) is 67.7 Å². The maximum Gasteiger partial charge on any atom is 0.359 e. The van der Waals surface area contributed by atoms with Gasteiger partial charge in [-0.3, -0.25) is 14.4 Å². The number of rotatable bonds is 5. The number of aryl methyl sites for hydroxylation is 1. The van der Waals surface area contributed by atoms with Gasteiger partial charge in [0.1, 0.15) is 6.54 Å². The number of benzene rings is 1. The Morgan fingerprint density at radius 1 is 1.10 bits per heavy atom. The normalized spacial score (nSPS) is 20.5. The number of aromatic nitrogens is 2. The second-order valence-corrected chi connectivity index (χ2v) is 8.68. The van der Waals surface area contributed by atoms with Crippen LogP contribution in [0.25, 0.3) is 0 Å². The molecule has 1 saturated heterocycles. The van der Waals surface area contributed by atoms with Crippen molar-refractivity contribution in [3.05, 3.63) is 52.3 Å². The zero-order valence-corrected chi connectivity index (χ0v) is 18.2. The van der Waals surface area contributed by atoms with Gasteiger partial charge < -0.3 is 9.64 Å². The van der Waals surface area contributed by atoms with Crippen LogP contribution in [-0.4, -0.2) is 64.2 Å². The summed E-state index contributed by atoms with van der Waals surface area (Å²) in [5.74, 6) is -0.295. The van der Waals surface area contributed by atoms with Crippen molar-refractivity contribution in [1.29, 1.82) is 0 Å². The molecule has 3 aliphatic rings. The number of carbonyl (C=O) groups excluding carboxylic acids is 2. The van der Waals surface area contributed by atoms with Crippen LogP contribution in [0.3, 0.4) is 0 Å². The number of hydrogen-bond donors (Lipinski definition) is 0. The largest absolute Gasteiger partial charge is 0.461 e. The molecule has 1 unspecified atom stereocenters. The van der Waals surface area contributed by atoms with Crippen molar-refractivity contribution in [3.8, 4) is 0 Å². The number of piperazine rings is 1. The fraction of sp³-hybridized carbons (Fsp3) is 0.542. The van der Waals surface area contributed by atoms with Gasteiger partial charge in [0.2, 0.25) is 5.91 Å². The molecule has 1 fully saturated rings. The molecule has 1 aromatic carbocycles. The zero-order valence-electron chi connectivity index (χ0n) is 18.2. The molecule has 1 aromatic heterocycles. The summed E-state index contributed by atoms with van der Waals surface area (Å²) in [4.78, 5) is 29.8. The van der Waals surface area contributed by atoms with Gasteiger partial charge in [0.25, 0.3) is 0 Å². The number of ether oxygens (including phenoxy) is 1. The van der Waals surface area contributed by atoms with Gasteiger partial charge >= 0.3 is 5.97 Å². The number of amides is 1. The maximum absolute atomic E-state index is 13.0. The SMILES string of the molecule is CCOC(=O)c1nn(CC(=O)N2CCN(C3CCc4ccccc43)CC2)c2c1CCC2. The summed E-state index contributed by atoms with van der Waals surface area (Å²) in [7, 11) is 0. The van der Waals surface area contributed by atoms with Crippen LogP contribution >= 0.6 is 0 Å². The molecule has 0 N–H and O–H groups in total. The Morgan fingerprint density at radius 3 is 2.71 bits per heavy atom. The number of carbonyl (C=O) groups is 2. The van der Waals surface area contributed by atoms with Crippen LogP contribution in [0.2, 0.25) is 0 Å². The third kappa shape index (κ3) is 3.76. The lowest BCUT2D eigenvalue weighted by molar-refractivity contribution is -0.134. The lowest BCUT2D eigenvalue weighted by Gasteiger charge is -2.38. The highest BCUT2D eigenvalue weighted by atomic mass is 16.5. The van der Waals surface area contributed by atoms with Crippen LogP contribution in [0.5, 0.6) is 0 Å². The number of esters is 1. The summed E-state index contributed by atoms with van der Waals surface area (Å²) in [6.07, 6.45) is 5.01. The van der Waals surface area contributed by atoms with Crippen LogP contribution in [-0.2, 0) is 35.3 Å². The third-order valence-corrected chi connectivity index (χ3v) is 6.97. The molecule has 164 valence electrons. The molecular formula is C24H30N4O3. The Labute approximate surface area is 183 Å². The molecule has 0 radical (unpaired) electrons. The molecule has 1 aliphatic heterocycles. The van der Waals surface area contributed by atoms with E-state index in [4.69, 9.17) is 4.74 Å². The van der Waals surface area contributed by atoms with Gasteiger partial charge in [-0.05, 0) is 50.2 Å². The van der Waals surface area contributed by atoms with E-state index in [1.54, 1.807) is 11.6 Å². The molecule has 2 aromatic rings. The molecular weight excluding hydrogens is 392 g/mol. The lowest BCUT2D eigenvalue weighted by atomic mass is 10.1. The minimum atomic E-state index is -0.377. The molecule has 7 heteroatoms. The summed E-state index contributed by atoms with van der Waals surface area (Å²) >= 11 is 0. The highest BCUT2D eigenvalue weighted by molar-refractivity contribution is 5.89. The van der Waals surface area contributed by atoms with Gasteiger partial charge in [-0.15, -0.1) is 0 Å². The van der Waals surface area contributed by atoms with Crippen LogP contribution < -0.4 is 0 Å². The number of fused-ring (bicyclic) bond motifs is 2. The molecule has 2 aliphatic carbocycles. The Hall–Kier alpha value is -2.67. The van der Waals surface area contributed by atoms with E-state index in [0.29, 0.717) is 18.3 Å². The van der Waals surface area contributed by atoms with Crippen molar-refractivity contribution in [2.75, 3.05) is 32.8 Å². The zero-order chi connectivity index (χ0) is 21.4. The Morgan fingerprint density at radius 2 is 1.90 bits per heavy atom. The first-order valence-electron chi connectivity index (χ1n) is 11.5. The van der Waals surface area contributed by atoms with Gasteiger partial charge in [-0.1, -0.05) is 24.3 Å². The van der Waals surface area contributed by atoms with Crippen molar-refractivity contribution in [3.63, 3.8) is 0 Å². The summed E-state index contributed by atoms with van der Waals surface area (Å²) in [6, 6.07) is 9.22. The van der Waals surface area contributed by atoms with E-state index < -0.39 is 0 Å². The lowest BCUT2D eigenvalue weighted by Crippen LogP contribution is -2.50. The summed E-state index contributed by atoms with van der Waals surface area (Å²) in [5.41, 5.74) is 5.32. The molecule has 5 rings (SSSR count). The van der Waals surface area contributed by atoms with Crippen molar-refractivity contribution in [2.45, 2.75) is 51.6 Å². The minimum Gasteiger partial charge on any atom is -0.461 e. The van der Waals surface area contributed by atoms with E-state index in [1.807, 2.05) is 4.90 Å². The first kappa shape index (κ1) is 20.2. The third-order valence-electron chi connectivity index (χ3n) is 6.97. The Balaban J connectivity index is 1.22. The van der Waals surface area contributed by atoms with E-state index in [1.165, 1.54) is 17.5 Å². The second-order valence-electron chi connectivity index (χ2n) is 8.68. The van der Waals surface area contributed by atoms with Gasteiger partial charge in [-0.2, -0.15) is 5.10 Å². The van der Waals surface area contributed by atoms with Crippen LogP contribution in [0, 0.1) is 0 Å². The van der Waals surface area contributed by atoms with E-state index in [9.17, 15) is 9.59 Å². The Bertz CT molecular complexity index is 991. The highest BCUT2D eigenvalue weighted by Crippen LogP contribution is 2.36. The van der Waals surface area contributed by atoms with Crippen LogP contribution in [0.1, 0.15) is 58.7 Å². The van der Waals surface area contributed by atoms with E-state index >= 15 is 0 Å². The molecule has 31 heavy (non-hydrogen) atoms. The van der Waals surface area contributed by atoms with Crippen molar-refractivity contribution in [2.24, 2.45) is 0 Å². The second kappa shape index (κ2) is 8.46. The molecule has 0 spiro atoms. The van der Waals surface area contributed by atoms with Crippen LogP contribution in [0.15, 0.2) is 24.3 Å². The standard InChI is InChI=1S/C24H30N4O3/c1-2-31-24(30)23-19-8-5-9-21(19)28(25-23)16-22(29)27-14-12-26(13-15-27)20-11-10-17-6-3-4-7-18(17)20/h3-4,6-7,20H,2,5,8-16H2,1H3. The predicted molar refractivity (Wildman–Crippen MR) is 116 cm³/mol. The first-order valence-corrected chi connectivity index (χ1v) is 11.5. The number of nitrogens with zero attached hydrogens (tertiary/aromatic N) is 4. The van der Waals surface area contributed by atoms with E-state index in [-0.39, 0.29) is 18.4 Å². The Kier molecular flexibility index (Phi) is 5.52. The quantitative estimate of drug-likeness (QED) is 0.692. The van der Waals surface area contributed by atoms with Gasteiger partial charge in [0, 0.05) is 43.5 Å². The minimum absolute atomic E-state index is 0.0825. The van der Waals surface area contributed by atoms with Gasteiger partial charge in [-0.25, -0.2) is 4.79 Å². The van der Waals surface area contributed by atoms with Gasteiger partial charge in [0.15, 0.2) is 5.69 Å². The smallest absolute Gasteiger partial charge is 0.359 e. The predicted octanol–water partition coefficient (Wildman–Crippen LogP) is 2.38. The van der Waals surface area contributed by atoms with E-state index in [0.717, 1.165) is 63.1 Å². The fourth-order valence-corrected chi connectivity index (χ4v) is 5.43. The van der Waals surface area contributed by atoms with Crippen molar-refractivity contribution < 1.29 is 14.3 Å². The summed E-state index contributed by atoms with van der Waals surface area (Å²) in [5, 5.41) is 4.47. The average molecular weight is 423 g/mol. The molecule has 1 atom stereocenters. The average Bonchev–Trinajstić information content (AvgIpc) is 3.50. The molecule has 0 bridgehead atoms.